The van der Waals surface area contributed by atoms with Crippen molar-refractivity contribution >= 4 is 22.0 Å². The van der Waals surface area contributed by atoms with E-state index in [0.29, 0.717) is 22.6 Å². The van der Waals surface area contributed by atoms with Crippen molar-refractivity contribution in [3.8, 4) is 12.1 Å². The molecule has 0 amide bonds. The summed E-state index contributed by atoms with van der Waals surface area (Å²) in [5.41, 5.74) is 7.11. The van der Waals surface area contributed by atoms with Crippen molar-refractivity contribution in [2.24, 2.45) is 5.92 Å². The number of nitriles is 2. The number of allylic oxidation sites excluding steroid dienone is 1. The highest BCUT2D eigenvalue weighted by Crippen LogP contribution is 2.49. The number of aryl methyl sites for hydroxylation is 1. The number of nitrogens with zero attached hydrogens (tertiary/aromatic N) is 3. The summed E-state index contributed by atoms with van der Waals surface area (Å²) >= 11 is 0. The quantitative estimate of drug-likeness (QED) is 0.406. The molecule has 4 nitrogen and oxygen atoms in total. The first-order valence-electron chi connectivity index (χ1n) is 10.5. The Kier molecular flexibility index (Phi) is 4.81. The summed E-state index contributed by atoms with van der Waals surface area (Å²) in [4.78, 5) is 0. The van der Waals surface area contributed by atoms with E-state index in [0.717, 1.165) is 40.7 Å². The second-order valence-electron chi connectivity index (χ2n) is 8.10. The van der Waals surface area contributed by atoms with Gasteiger partial charge in [0.25, 0.3) is 0 Å². The highest BCUT2D eigenvalue weighted by atomic mass is 19.1. The topological polar surface area (TPSA) is 76.3 Å². The van der Waals surface area contributed by atoms with Gasteiger partial charge in [0.05, 0.1) is 28.1 Å². The lowest BCUT2D eigenvalue weighted by molar-refractivity contribution is 0.588. The minimum atomic E-state index is -0.603. The van der Waals surface area contributed by atoms with E-state index in [-0.39, 0.29) is 10.9 Å². The lowest BCUT2D eigenvalue weighted by Gasteiger charge is -2.20. The molecule has 5 rings (SSSR count). The van der Waals surface area contributed by atoms with E-state index < -0.39 is 5.95 Å². The van der Waals surface area contributed by atoms with Crippen LogP contribution >= 0.6 is 0 Å². The molecule has 1 heterocycles. The Balaban J connectivity index is 1.90. The average molecular weight is 418 g/mol. The summed E-state index contributed by atoms with van der Waals surface area (Å²) in [6.07, 6.45) is 2.10. The maximum absolute atomic E-state index is 14.6. The molecule has 1 aliphatic rings. The standard InChI is InChI=1S/C27H19FN4/c1-16-13-17(14-29)7-10-20(16)24(19-8-9-19)25(18-5-3-2-4-6-18)21-11-12-23-26(22(21)15-30)27(28)32-31-23/h2-7,10-13,19H,8-9H2,1H3,(H,31,32)/b25-24+. The number of aromatic nitrogens is 2. The maximum atomic E-state index is 14.6. The van der Waals surface area contributed by atoms with Crippen molar-refractivity contribution < 1.29 is 4.39 Å². The molecular weight excluding hydrogens is 399 g/mol. The SMILES string of the molecule is Cc1cc(C#N)ccc1/C(=C(\c1ccccc1)c1ccc2n[nH]c(F)c2c1C#N)C1CC1. The van der Waals surface area contributed by atoms with Gasteiger partial charge in [0.2, 0.25) is 5.95 Å². The van der Waals surface area contributed by atoms with Gasteiger partial charge in [-0.15, -0.1) is 0 Å². The van der Waals surface area contributed by atoms with Crippen LogP contribution in [-0.2, 0) is 0 Å². The number of rotatable bonds is 4. The highest BCUT2D eigenvalue weighted by Gasteiger charge is 2.32. The smallest absolute Gasteiger partial charge is 0.218 e. The first-order valence-corrected chi connectivity index (χ1v) is 10.5. The molecule has 1 saturated carbocycles. The third-order valence-corrected chi connectivity index (χ3v) is 6.02. The van der Waals surface area contributed by atoms with Gasteiger partial charge in [-0.3, -0.25) is 5.10 Å². The van der Waals surface area contributed by atoms with Crippen LogP contribution in [0.4, 0.5) is 4.39 Å². The van der Waals surface area contributed by atoms with Crippen LogP contribution in [0.1, 0.15) is 46.2 Å². The molecular formula is C27H19FN4. The Labute approximate surface area is 185 Å². The zero-order valence-electron chi connectivity index (χ0n) is 17.5. The first-order chi connectivity index (χ1) is 15.6. The van der Waals surface area contributed by atoms with Gasteiger partial charge in [0, 0.05) is 5.56 Å². The normalized spacial score (nSPS) is 14.0. The van der Waals surface area contributed by atoms with Crippen molar-refractivity contribution in [2.75, 3.05) is 0 Å². The largest absolute Gasteiger partial charge is 0.252 e. The fourth-order valence-corrected chi connectivity index (χ4v) is 4.42. The lowest BCUT2D eigenvalue weighted by Crippen LogP contribution is -2.02. The molecule has 0 spiro atoms. The average Bonchev–Trinajstić information content (AvgIpc) is 3.60. The molecule has 5 heteroatoms. The molecule has 4 aromatic rings. The minimum Gasteiger partial charge on any atom is -0.252 e. The molecule has 0 aliphatic heterocycles. The summed E-state index contributed by atoms with van der Waals surface area (Å²) in [5.74, 6) is -0.262. The molecule has 0 bridgehead atoms. The fraction of sp³-hybridized carbons (Fsp3) is 0.148. The predicted molar refractivity (Wildman–Crippen MR) is 122 cm³/mol. The number of hydrogen-bond donors (Lipinski definition) is 1. The van der Waals surface area contributed by atoms with Gasteiger partial charge in [0.15, 0.2) is 0 Å². The number of aromatic amines is 1. The summed E-state index contributed by atoms with van der Waals surface area (Å²) in [7, 11) is 0. The van der Waals surface area contributed by atoms with Crippen LogP contribution in [0, 0.1) is 41.5 Å². The van der Waals surface area contributed by atoms with E-state index in [9.17, 15) is 14.9 Å². The summed E-state index contributed by atoms with van der Waals surface area (Å²) < 4.78 is 14.6. The monoisotopic (exact) mass is 418 g/mol. The van der Waals surface area contributed by atoms with Gasteiger partial charge in [-0.05, 0) is 71.7 Å². The maximum Gasteiger partial charge on any atom is 0.218 e. The molecule has 1 N–H and O–H groups in total. The van der Waals surface area contributed by atoms with E-state index in [4.69, 9.17) is 0 Å². The van der Waals surface area contributed by atoms with Gasteiger partial charge in [-0.25, -0.2) is 0 Å². The minimum absolute atomic E-state index is 0.213. The van der Waals surface area contributed by atoms with Gasteiger partial charge in [-0.2, -0.15) is 20.0 Å². The fourth-order valence-electron chi connectivity index (χ4n) is 4.42. The van der Waals surface area contributed by atoms with Gasteiger partial charge in [0.1, 0.15) is 6.07 Å². The third kappa shape index (κ3) is 3.25. The zero-order valence-corrected chi connectivity index (χ0v) is 17.5. The van der Waals surface area contributed by atoms with E-state index in [1.807, 2.05) is 61.5 Å². The Bertz CT molecular complexity index is 1460. The van der Waals surface area contributed by atoms with E-state index in [2.05, 4.69) is 22.3 Å². The molecule has 1 fully saturated rings. The number of fused-ring (bicyclic) bond motifs is 1. The summed E-state index contributed by atoms with van der Waals surface area (Å²) in [5, 5.41) is 25.9. The van der Waals surface area contributed by atoms with Crippen molar-refractivity contribution in [3.05, 3.63) is 100.0 Å². The van der Waals surface area contributed by atoms with Crippen LogP contribution in [-0.4, -0.2) is 10.2 Å². The highest BCUT2D eigenvalue weighted by molar-refractivity contribution is 6.04. The number of benzene rings is 3. The molecule has 0 unspecified atom stereocenters. The van der Waals surface area contributed by atoms with Crippen LogP contribution in [0.3, 0.4) is 0 Å². The third-order valence-electron chi connectivity index (χ3n) is 6.02. The second-order valence-corrected chi connectivity index (χ2v) is 8.10. The number of hydrogen-bond acceptors (Lipinski definition) is 3. The number of nitrogens with one attached hydrogen (secondary N) is 1. The van der Waals surface area contributed by atoms with Crippen LogP contribution < -0.4 is 0 Å². The molecule has 0 atom stereocenters. The molecule has 154 valence electrons. The van der Waals surface area contributed by atoms with Crippen molar-refractivity contribution in [3.63, 3.8) is 0 Å². The van der Waals surface area contributed by atoms with Crippen molar-refractivity contribution in [1.29, 1.82) is 10.5 Å². The Morgan fingerprint density at radius 1 is 1.00 bits per heavy atom. The van der Waals surface area contributed by atoms with Crippen molar-refractivity contribution in [2.45, 2.75) is 19.8 Å². The van der Waals surface area contributed by atoms with E-state index in [1.165, 1.54) is 0 Å². The number of halogens is 1. The van der Waals surface area contributed by atoms with Gasteiger partial charge in [-0.1, -0.05) is 42.5 Å². The van der Waals surface area contributed by atoms with Crippen molar-refractivity contribution in [1.82, 2.24) is 10.2 Å². The van der Waals surface area contributed by atoms with Crippen LogP contribution in [0.15, 0.2) is 60.7 Å². The second kappa shape index (κ2) is 7.80. The molecule has 0 saturated heterocycles. The molecule has 32 heavy (non-hydrogen) atoms. The van der Waals surface area contributed by atoms with E-state index in [1.54, 1.807) is 6.07 Å². The Hall–Kier alpha value is -4.22. The van der Waals surface area contributed by atoms with Crippen LogP contribution in [0.5, 0.6) is 0 Å². The molecule has 1 aliphatic carbocycles. The first kappa shape index (κ1) is 19.7. The van der Waals surface area contributed by atoms with Gasteiger partial charge < -0.3 is 0 Å². The lowest BCUT2D eigenvalue weighted by atomic mass is 9.83. The summed E-state index contributed by atoms with van der Waals surface area (Å²) in [6.45, 7) is 2.01. The van der Waals surface area contributed by atoms with Crippen LogP contribution in [0.25, 0.3) is 22.0 Å². The molecule has 3 aromatic carbocycles. The van der Waals surface area contributed by atoms with Gasteiger partial charge >= 0.3 is 0 Å². The molecule has 1 aromatic heterocycles. The predicted octanol–water partition coefficient (Wildman–Crippen LogP) is 6.12. The van der Waals surface area contributed by atoms with E-state index >= 15 is 0 Å². The Morgan fingerprint density at radius 2 is 1.75 bits per heavy atom. The number of H-pyrrole nitrogens is 1. The molecule has 0 radical (unpaired) electrons. The Morgan fingerprint density at radius 3 is 2.41 bits per heavy atom. The summed E-state index contributed by atoms with van der Waals surface area (Å²) in [6, 6.07) is 23.7. The van der Waals surface area contributed by atoms with Crippen LogP contribution in [0.2, 0.25) is 0 Å². The zero-order chi connectivity index (χ0) is 22.2.